The molecule has 0 bridgehead atoms. The van der Waals surface area contributed by atoms with Crippen molar-refractivity contribution in [3.8, 4) is 6.07 Å². The summed E-state index contributed by atoms with van der Waals surface area (Å²) < 4.78 is 0. The number of nitriles is 1. The molecule has 1 atom stereocenters. The lowest BCUT2D eigenvalue weighted by atomic mass is 9.87. The molecule has 1 heterocycles. The number of carbonyl (C=O) groups is 1. The molecule has 4 heteroatoms. The first-order valence-electron chi connectivity index (χ1n) is 6.17. The normalized spacial score (nSPS) is 13.4. The molecule has 0 saturated carbocycles. The summed E-state index contributed by atoms with van der Waals surface area (Å²) in [6.07, 6.45) is 3.93. The zero-order chi connectivity index (χ0) is 13.6. The van der Waals surface area contributed by atoms with Gasteiger partial charge >= 0.3 is 0 Å². The van der Waals surface area contributed by atoms with Crippen molar-refractivity contribution in [3.05, 3.63) is 30.1 Å². The third kappa shape index (κ3) is 3.07. The van der Waals surface area contributed by atoms with Crippen molar-refractivity contribution in [2.24, 2.45) is 5.41 Å². The predicted octanol–water partition coefficient (Wildman–Crippen LogP) is 2.37. The van der Waals surface area contributed by atoms with Crippen LogP contribution in [0.25, 0.3) is 0 Å². The molecule has 0 radical (unpaired) electrons. The molecule has 0 aromatic carbocycles. The number of rotatable bonds is 5. The van der Waals surface area contributed by atoms with Crippen molar-refractivity contribution >= 4 is 5.91 Å². The first-order chi connectivity index (χ1) is 8.57. The van der Waals surface area contributed by atoms with Gasteiger partial charge in [0.15, 0.2) is 0 Å². The molecule has 0 aliphatic rings. The average molecular weight is 245 g/mol. The highest BCUT2D eigenvalue weighted by Gasteiger charge is 2.34. The van der Waals surface area contributed by atoms with E-state index < -0.39 is 5.41 Å². The van der Waals surface area contributed by atoms with Crippen LogP contribution in [0.2, 0.25) is 0 Å². The van der Waals surface area contributed by atoms with Gasteiger partial charge in [-0.2, -0.15) is 5.26 Å². The molecule has 1 aromatic heterocycles. The molecular formula is C14H19N3O. The standard InChI is InChI=1S/C14H19N3O/c1-4-14(3,11-15)13(18)17(5-2)10-12-6-8-16-9-7-12/h6-9H,4-5,10H2,1-3H3. The number of hydrogen-bond acceptors (Lipinski definition) is 3. The van der Waals surface area contributed by atoms with Gasteiger partial charge in [0.25, 0.3) is 0 Å². The summed E-state index contributed by atoms with van der Waals surface area (Å²) >= 11 is 0. The van der Waals surface area contributed by atoms with E-state index in [9.17, 15) is 4.79 Å². The van der Waals surface area contributed by atoms with Gasteiger partial charge in [-0.15, -0.1) is 0 Å². The van der Waals surface area contributed by atoms with Crippen LogP contribution in [0.1, 0.15) is 32.8 Å². The second-order valence-corrected chi connectivity index (χ2v) is 4.47. The third-order valence-corrected chi connectivity index (χ3v) is 3.22. The van der Waals surface area contributed by atoms with Crippen LogP contribution in [-0.4, -0.2) is 22.3 Å². The molecule has 0 spiro atoms. The zero-order valence-corrected chi connectivity index (χ0v) is 11.2. The first kappa shape index (κ1) is 14.2. The fourth-order valence-corrected chi connectivity index (χ4v) is 1.66. The van der Waals surface area contributed by atoms with Gasteiger partial charge in [-0.05, 0) is 38.0 Å². The number of aromatic nitrogens is 1. The Bertz CT molecular complexity index is 438. The van der Waals surface area contributed by atoms with E-state index in [-0.39, 0.29) is 5.91 Å². The minimum absolute atomic E-state index is 0.105. The van der Waals surface area contributed by atoms with Crippen molar-refractivity contribution in [2.75, 3.05) is 6.54 Å². The van der Waals surface area contributed by atoms with Crippen molar-refractivity contribution in [1.29, 1.82) is 5.26 Å². The van der Waals surface area contributed by atoms with E-state index in [1.807, 2.05) is 26.0 Å². The van der Waals surface area contributed by atoms with E-state index >= 15 is 0 Å². The largest absolute Gasteiger partial charge is 0.337 e. The molecule has 0 N–H and O–H groups in total. The van der Waals surface area contributed by atoms with E-state index in [4.69, 9.17) is 5.26 Å². The van der Waals surface area contributed by atoms with E-state index in [1.165, 1.54) is 0 Å². The predicted molar refractivity (Wildman–Crippen MR) is 69.3 cm³/mol. The Morgan fingerprint density at radius 2 is 2.06 bits per heavy atom. The van der Waals surface area contributed by atoms with Gasteiger partial charge in [-0.25, -0.2) is 0 Å². The minimum Gasteiger partial charge on any atom is -0.337 e. The summed E-state index contributed by atoms with van der Waals surface area (Å²) in [7, 11) is 0. The van der Waals surface area contributed by atoms with Crippen LogP contribution in [0.5, 0.6) is 0 Å². The summed E-state index contributed by atoms with van der Waals surface area (Å²) in [5.74, 6) is -0.105. The summed E-state index contributed by atoms with van der Waals surface area (Å²) in [5.41, 5.74) is 0.0971. The Hall–Kier alpha value is -1.89. The lowest BCUT2D eigenvalue weighted by Crippen LogP contribution is -2.41. The van der Waals surface area contributed by atoms with Gasteiger partial charge in [0.1, 0.15) is 5.41 Å². The van der Waals surface area contributed by atoms with Gasteiger partial charge in [0, 0.05) is 25.5 Å². The Balaban J connectivity index is 2.85. The average Bonchev–Trinajstić information content (AvgIpc) is 2.44. The number of carbonyl (C=O) groups excluding carboxylic acids is 1. The van der Waals surface area contributed by atoms with Gasteiger partial charge in [0.05, 0.1) is 6.07 Å². The molecule has 1 rings (SSSR count). The number of pyridine rings is 1. The second-order valence-electron chi connectivity index (χ2n) is 4.47. The number of hydrogen-bond donors (Lipinski definition) is 0. The lowest BCUT2D eigenvalue weighted by molar-refractivity contribution is -0.138. The Morgan fingerprint density at radius 3 is 2.50 bits per heavy atom. The fourth-order valence-electron chi connectivity index (χ4n) is 1.66. The Kier molecular flexibility index (Phi) is 4.85. The molecule has 1 aromatic rings. The topological polar surface area (TPSA) is 57.0 Å². The molecule has 1 unspecified atom stereocenters. The summed E-state index contributed by atoms with van der Waals surface area (Å²) in [4.78, 5) is 18.0. The van der Waals surface area contributed by atoms with Crippen LogP contribution in [0.3, 0.4) is 0 Å². The quantitative estimate of drug-likeness (QED) is 0.800. The highest BCUT2D eigenvalue weighted by molar-refractivity contribution is 5.85. The van der Waals surface area contributed by atoms with Gasteiger partial charge in [-0.3, -0.25) is 9.78 Å². The van der Waals surface area contributed by atoms with Crippen LogP contribution in [0.4, 0.5) is 0 Å². The molecule has 0 fully saturated rings. The smallest absolute Gasteiger partial charge is 0.243 e. The summed E-state index contributed by atoms with van der Waals surface area (Å²) in [6, 6.07) is 5.89. The summed E-state index contributed by atoms with van der Waals surface area (Å²) in [6.45, 7) is 6.60. The van der Waals surface area contributed by atoms with Crippen LogP contribution >= 0.6 is 0 Å². The number of amides is 1. The highest BCUT2D eigenvalue weighted by Crippen LogP contribution is 2.23. The monoisotopic (exact) mass is 245 g/mol. The van der Waals surface area contributed by atoms with Crippen molar-refractivity contribution in [1.82, 2.24) is 9.88 Å². The molecule has 0 aliphatic carbocycles. The second kappa shape index (κ2) is 6.15. The van der Waals surface area contributed by atoms with E-state index in [1.54, 1.807) is 24.2 Å². The molecule has 0 saturated heterocycles. The molecular weight excluding hydrogens is 226 g/mol. The van der Waals surface area contributed by atoms with Crippen molar-refractivity contribution < 1.29 is 4.79 Å². The first-order valence-corrected chi connectivity index (χ1v) is 6.17. The maximum absolute atomic E-state index is 12.4. The van der Waals surface area contributed by atoms with Gasteiger partial charge in [0.2, 0.25) is 5.91 Å². The molecule has 1 amide bonds. The molecule has 0 aliphatic heterocycles. The Labute approximate surface area is 108 Å². The fraction of sp³-hybridized carbons (Fsp3) is 0.500. The van der Waals surface area contributed by atoms with Crippen LogP contribution < -0.4 is 0 Å². The number of nitrogens with zero attached hydrogens (tertiary/aromatic N) is 3. The van der Waals surface area contributed by atoms with E-state index in [2.05, 4.69) is 11.1 Å². The molecule has 18 heavy (non-hydrogen) atoms. The third-order valence-electron chi connectivity index (χ3n) is 3.22. The van der Waals surface area contributed by atoms with E-state index in [0.717, 1.165) is 5.56 Å². The van der Waals surface area contributed by atoms with Crippen molar-refractivity contribution in [2.45, 2.75) is 33.7 Å². The maximum atomic E-state index is 12.4. The highest BCUT2D eigenvalue weighted by atomic mass is 16.2. The molecule has 4 nitrogen and oxygen atoms in total. The van der Waals surface area contributed by atoms with Crippen LogP contribution in [0.15, 0.2) is 24.5 Å². The summed E-state index contributed by atoms with van der Waals surface area (Å²) in [5, 5.41) is 9.16. The van der Waals surface area contributed by atoms with Crippen LogP contribution in [0, 0.1) is 16.7 Å². The minimum atomic E-state index is -0.928. The SMILES string of the molecule is CCN(Cc1ccncc1)C(=O)C(C)(C#N)CC. The van der Waals surface area contributed by atoms with Gasteiger partial charge in [-0.1, -0.05) is 6.92 Å². The van der Waals surface area contributed by atoms with E-state index in [0.29, 0.717) is 19.5 Å². The lowest BCUT2D eigenvalue weighted by Gasteiger charge is -2.28. The molecule has 96 valence electrons. The van der Waals surface area contributed by atoms with Crippen LogP contribution in [-0.2, 0) is 11.3 Å². The van der Waals surface area contributed by atoms with Crippen molar-refractivity contribution in [3.63, 3.8) is 0 Å². The Morgan fingerprint density at radius 1 is 1.44 bits per heavy atom. The zero-order valence-electron chi connectivity index (χ0n) is 11.2. The van der Waals surface area contributed by atoms with Gasteiger partial charge < -0.3 is 4.90 Å². The maximum Gasteiger partial charge on any atom is 0.243 e.